The first-order chi connectivity index (χ1) is 18.6. The lowest BCUT2D eigenvalue weighted by Crippen LogP contribution is -2.00. The minimum absolute atomic E-state index is 0.618. The van der Waals surface area contributed by atoms with E-state index in [4.69, 9.17) is 26.4 Å². The van der Waals surface area contributed by atoms with Crippen LogP contribution in [0.1, 0.15) is 0 Å². The van der Waals surface area contributed by atoms with Crippen LogP contribution in [-0.4, -0.2) is 15.0 Å². The van der Waals surface area contributed by atoms with Gasteiger partial charge in [-0.05, 0) is 46.5 Å². The number of rotatable bonds is 5. The normalized spacial score (nSPS) is 10.8. The average molecular weight is 492 g/mol. The van der Waals surface area contributed by atoms with Gasteiger partial charge in [0.2, 0.25) is 0 Å². The molecule has 0 aliphatic heterocycles. The fourth-order valence-corrected chi connectivity index (χ4v) is 4.41. The summed E-state index contributed by atoms with van der Waals surface area (Å²) in [4.78, 5) is 14.5. The van der Waals surface area contributed by atoms with E-state index in [-0.39, 0.29) is 0 Å². The Hall–Kier alpha value is -5.29. The van der Waals surface area contributed by atoms with Crippen LogP contribution in [0, 0.1) is 0 Å². The number of nitrogens with two attached hydrogens (primary N) is 2. The summed E-state index contributed by atoms with van der Waals surface area (Å²) in [7, 11) is 0. The summed E-state index contributed by atoms with van der Waals surface area (Å²) >= 11 is 0. The van der Waals surface area contributed by atoms with Crippen LogP contribution in [0.3, 0.4) is 0 Å². The van der Waals surface area contributed by atoms with Crippen molar-refractivity contribution in [2.45, 2.75) is 0 Å². The van der Waals surface area contributed by atoms with Crippen LogP contribution in [-0.2, 0) is 0 Å². The maximum absolute atomic E-state index is 5.98. The molecule has 1 heterocycles. The molecule has 0 amide bonds. The third-order valence-corrected chi connectivity index (χ3v) is 6.39. The first kappa shape index (κ1) is 23.1. The molecule has 5 aromatic carbocycles. The van der Waals surface area contributed by atoms with Crippen LogP contribution in [0.15, 0.2) is 127 Å². The van der Waals surface area contributed by atoms with Crippen molar-refractivity contribution in [2.24, 2.45) is 0 Å². The summed E-state index contributed by atoms with van der Waals surface area (Å²) in [5, 5.41) is 0. The predicted octanol–water partition coefficient (Wildman–Crippen LogP) is 7.37. The van der Waals surface area contributed by atoms with Gasteiger partial charge in [0.15, 0.2) is 17.5 Å². The van der Waals surface area contributed by atoms with Crippen LogP contribution in [0.5, 0.6) is 0 Å². The molecule has 0 radical (unpaired) electrons. The van der Waals surface area contributed by atoms with Gasteiger partial charge in [-0.25, -0.2) is 15.0 Å². The zero-order chi connectivity index (χ0) is 25.9. The number of anilines is 2. The Morgan fingerprint density at radius 2 is 0.658 bits per heavy atom. The lowest BCUT2D eigenvalue weighted by Gasteiger charge is -2.10. The monoisotopic (exact) mass is 491 g/mol. The van der Waals surface area contributed by atoms with Crippen molar-refractivity contribution in [3.8, 4) is 56.4 Å². The highest BCUT2D eigenvalue weighted by atomic mass is 15.0. The first-order valence-corrected chi connectivity index (χ1v) is 12.4. The van der Waals surface area contributed by atoms with Gasteiger partial charge in [0.25, 0.3) is 0 Å². The maximum Gasteiger partial charge on any atom is 0.164 e. The van der Waals surface area contributed by atoms with E-state index in [0.29, 0.717) is 17.5 Å². The first-order valence-electron chi connectivity index (χ1n) is 12.4. The van der Waals surface area contributed by atoms with Gasteiger partial charge < -0.3 is 11.5 Å². The minimum atomic E-state index is 0.618. The van der Waals surface area contributed by atoms with Crippen molar-refractivity contribution >= 4 is 11.4 Å². The summed E-state index contributed by atoms with van der Waals surface area (Å²) in [6, 6.07) is 42.1. The molecule has 182 valence electrons. The standard InChI is InChI=1S/C33H25N5/c34-29-10-4-8-27(20-29)22-12-16-25(17-13-22)32-36-31(24-6-2-1-3-7-24)37-33(38-32)26-18-14-23(15-19-26)28-9-5-11-30(35)21-28/h1-21H,34-35H2. The van der Waals surface area contributed by atoms with Crippen LogP contribution in [0.2, 0.25) is 0 Å². The molecule has 0 saturated heterocycles. The molecular weight excluding hydrogens is 466 g/mol. The van der Waals surface area contributed by atoms with Crippen molar-refractivity contribution < 1.29 is 0 Å². The third kappa shape index (κ3) is 4.86. The molecule has 5 heteroatoms. The molecule has 0 aliphatic carbocycles. The van der Waals surface area contributed by atoms with Gasteiger partial charge in [-0.1, -0.05) is 103 Å². The summed E-state index contributed by atoms with van der Waals surface area (Å²) in [5.74, 6) is 1.87. The van der Waals surface area contributed by atoms with Crippen LogP contribution in [0.25, 0.3) is 56.4 Å². The predicted molar refractivity (Wildman–Crippen MR) is 156 cm³/mol. The Morgan fingerprint density at radius 1 is 0.316 bits per heavy atom. The number of benzene rings is 5. The van der Waals surface area contributed by atoms with E-state index >= 15 is 0 Å². The third-order valence-electron chi connectivity index (χ3n) is 6.39. The SMILES string of the molecule is Nc1cccc(-c2ccc(-c3nc(-c4ccccc4)nc(-c4ccc(-c5cccc(N)c5)cc4)n3)cc2)c1. The molecule has 0 saturated carbocycles. The van der Waals surface area contributed by atoms with Crippen LogP contribution in [0.4, 0.5) is 11.4 Å². The second-order valence-electron chi connectivity index (χ2n) is 9.08. The van der Waals surface area contributed by atoms with Gasteiger partial charge in [-0.2, -0.15) is 0 Å². The van der Waals surface area contributed by atoms with Gasteiger partial charge in [0.1, 0.15) is 0 Å². The van der Waals surface area contributed by atoms with E-state index in [1.807, 2.05) is 103 Å². The van der Waals surface area contributed by atoms with Crippen molar-refractivity contribution in [1.29, 1.82) is 0 Å². The lowest BCUT2D eigenvalue weighted by molar-refractivity contribution is 1.07. The molecule has 38 heavy (non-hydrogen) atoms. The molecule has 0 atom stereocenters. The smallest absolute Gasteiger partial charge is 0.164 e. The number of nitrogens with zero attached hydrogens (tertiary/aromatic N) is 3. The molecule has 0 unspecified atom stereocenters. The summed E-state index contributed by atoms with van der Waals surface area (Å²) in [5.41, 5.74) is 20.5. The molecule has 4 N–H and O–H groups in total. The van der Waals surface area contributed by atoms with Gasteiger partial charge in [0, 0.05) is 28.1 Å². The van der Waals surface area contributed by atoms with E-state index in [1.54, 1.807) is 0 Å². The number of hydrogen-bond donors (Lipinski definition) is 2. The highest BCUT2D eigenvalue weighted by Gasteiger charge is 2.13. The van der Waals surface area contributed by atoms with Crippen molar-refractivity contribution in [3.63, 3.8) is 0 Å². The van der Waals surface area contributed by atoms with Crippen molar-refractivity contribution in [1.82, 2.24) is 15.0 Å². The van der Waals surface area contributed by atoms with Crippen molar-refractivity contribution in [3.05, 3.63) is 127 Å². The van der Waals surface area contributed by atoms with E-state index in [0.717, 1.165) is 50.3 Å². The molecule has 6 aromatic rings. The summed E-state index contributed by atoms with van der Waals surface area (Å²) in [6.45, 7) is 0. The molecule has 6 rings (SSSR count). The van der Waals surface area contributed by atoms with Crippen molar-refractivity contribution in [2.75, 3.05) is 11.5 Å². The number of aromatic nitrogens is 3. The quantitative estimate of drug-likeness (QED) is 0.246. The van der Waals surface area contributed by atoms with Gasteiger partial charge in [0.05, 0.1) is 0 Å². The van der Waals surface area contributed by atoms with Gasteiger partial charge in [-0.15, -0.1) is 0 Å². The second-order valence-corrected chi connectivity index (χ2v) is 9.08. The summed E-state index contributed by atoms with van der Waals surface area (Å²) < 4.78 is 0. The van der Waals surface area contributed by atoms with Crippen LogP contribution >= 0.6 is 0 Å². The average Bonchev–Trinajstić information content (AvgIpc) is 2.97. The van der Waals surface area contributed by atoms with E-state index < -0.39 is 0 Å². The maximum atomic E-state index is 5.98. The summed E-state index contributed by atoms with van der Waals surface area (Å²) in [6.07, 6.45) is 0. The molecule has 0 aliphatic rings. The van der Waals surface area contributed by atoms with Gasteiger partial charge in [-0.3, -0.25) is 0 Å². The Bertz CT molecular complexity index is 1600. The fourth-order valence-electron chi connectivity index (χ4n) is 4.41. The second kappa shape index (κ2) is 9.99. The topological polar surface area (TPSA) is 90.7 Å². The molecule has 0 spiro atoms. The minimum Gasteiger partial charge on any atom is -0.399 e. The zero-order valence-corrected chi connectivity index (χ0v) is 20.6. The molecule has 0 fully saturated rings. The number of nitrogen functional groups attached to an aromatic ring is 2. The Balaban J connectivity index is 1.40. The number of hydrogen-bond acceptors (Lipinski definition) is 5. The molecule has 1 aromatic heterocycles. The van der Waals surface area contributed by atoms with Crippen LogP contribution < -0.4 is 11.5 Å². The van der Waals surface area contributed by atoms with Gasteiger partial charge >= 0.3 is 0 Å². The zero-order valence-electron chi connectivity index (χ0n) is 20.6. The fraction of sp³-hybridized carbons (Fsp3) is 0. The highest BCUT2D eigenvalue weighted by Crippen LogP contribution is 2.29. The molecule has 0 bridgehead atoms. The molecular formula is C33H25N5. The van der Waals surface area contributed by atoms with E-state index in [1.165, 1.54) is 0 Å². The highest BCUT2D eigenvalue weighted by molar-refractivity contribution is 5.73. The Labute approximate surface area is 221 Å². The van der Waals surface area contributed by atoms with E-state index in [9.17, 15) is 0 Å². The largest absolute Gasteiger partial charge is 0.399 e. The van der Waals surface area contributed by atoms with E-state index in [2.05, 4.69) is 24.3 Å². The Kier molecular flexibility index (Phi) is 6.08. The molecule has 5 nitrogen and oxygen atoms in total. The Morgan fingerprint density at radius 3 is 1.05 bits per heavy atom. The lowest BCUT2D eigenvalue weighted by atomic mass is 10.0.